The Balaban J connectivity index is 2.89. The molecule has 0 aliphatic heterocycles. The Hall–Kier alpha value is -1.80. The van der Waals surface area contributed by atoms with Crippen molar-refractivity contribution >= 4 is 5.84 Å². The fraction of sp³-hybridized carbons (Fsp3) is 0.462. The van der Waals surface area contributed by atoms with Gasteiger partial charge in [0.25, 0.3) is 0 Å². The van der Waals surface area contributed by atoms with Gasteiger partial charge in [0.1, 0.15) is 0 Å². The highest BCUT2D eigenvalue weighted by Gasteiger charge is 2.30. The lowest BCUT2D eigenvalue weighted by atomic mass is 10.0. The second kappa shape index (κ2) is 7.28. The molecule has 0 fully saturated rings. The molecule has 0 bridgehead atoms. The van der Waals surface area contributed by atoms with Gasteiger partial charge in [-0.3, -0.25) is 4.90 Å². The first-order chi connectivity index (χ1) is 9.76. The monoisotopic (exact) mass is 305 g/mol. The summed E-state index contributed by atoms with van der Waals surface area (Å²) in [6.45, 7) is 0.282. The van der Waals surface area contributed by atoms with Gasteiger partial charge in [0.15, 0.2) is 5.84 Å². The van der Waals surface area contributed by atoms with Crippen LogP contribution in [-0.2, 0) is 6.54 Å². The molecule has 0 saturated carbocycles. The lowest BCUT2D eigenvalue weighted by Gasteiger charge is -2.23. The number of alkyl halides is 3. The predicted molar refractivity (Wildman–Crippen MR) is 72.1 cm³/mol. The summed E-state index contributed by atoms with van der Waals surface area (Å²) in [4.78, 5) is 1.12. The van der Waals surface area contributed by atoms with Crippen LogP contribution in [0.25, 0.3) is 0 Å². The van der Waals surface area contributed by atoms with E-state index in [1.807, 2.05) is 0 Å². The molecule has 0 amide bonds. The average Bonchev–Trinajstić information content (AvgIpc) is 2.38. The summed E-state index contributed by atoms with van der Waals surface area (Å²) in [6, 6.07) is 4.83. The minimum Gasteiger partial charge on any atom is -0.409 e. The zero-order chi connectivity index (χ0) is 16.0. The van der Waals surface area contributed by atoms with Crippen molar-refractivity contribution in [2.75, 3.05) is 19.7 Å². The minimum absolute atomic E-state index is 0.0579. The average molecular weight is 305 g/mol. The van der Waals surface area contributed by atoms with Gasteiger partial charge < -0.3 is 16.0 Å². The first kappa shape index (κ1) is 17.3. The number of aliphatic hydroxyl groups excluding tert-OH is 1. The number of amidine groups is 1. The normalized spacial score (nSPS) is 13.0. The molecule has 5 nitrogen and oxygen atoms in total. The molecule has 0 atom stereocenters. The van der Waals surface area contributed by atoms with E-state index < -0.39 is 12.7 Å². The Kier molecular flexibility index (Phi) is 5.98. The molecule has 0 aliphatic carbocycles. The zero-order valence-electron chi connectivity index (χ0n) is 11.6. The number of halogens is 3. The molecule has 0 radical (unpaired) electrons. The van der Waals surface area contributed by atoms with E-state index in [4.69, 9.17) is 16.0 Å². The SMILES string of the molecule is Cc1cc(/C(N)=N/O)ccc1CN(CCO)CC(F)(F)F. The summed E-state index contributed by atoms with van der Waals surface area (Å²) in [5.74, 6) is -0.0628. The second-order valence-electron chi connectivity index (χ2n) is 4.68. The van der Waals surface area contributed by atoms with Crippen LogP contribution in [0.15, 0.2) is 23.4 Å². The third kappa shape index (κ3) is 5.60. The van der Waals surface area contributed by atoms with Crippen molar-refractivity contribution < 1.29 is 23.5 Å². The van der Waals surface area contributed by atoms with Gasteiger partial charge in [0.2, 0.25) is 0 Å². The van der Waals surface area contributed by atoms with Crippen LogP contribution in [0.2, 0.25) is 0 Å². The Labute approximate surface area is 120 Å². The lowest BCUT2D eigenvalue weighted by Crippen LogP contribution is -2.35. The highest BCUT2D eigenvalue weighted by Crippen LogP contribution is 2.19. The largest absolute Gasteiger partial charge is 0.409 e. The molecule has 1 rings (SSSR count). The van der Waals surface area contributed by atoms with Gasteiger partial charge in [-0.2, -0.15) is 13.2 Å². The van der Waals surface area contributed by atoms with Crippen molar-refractivity contribution in [3.63, 3.8) is 0 Å². The van der Waals surface area contributed by atoms with E-state index in [0.717, 1.165) is 10.5 Å². The van der Waals surface area contributed by atoms with Crippen molar-refractivity contribution in [1.82, 2.24) is 4.90 Å². The number of aryl methyl sites for hydroxylation is 1. The van der Waals surface area contributed by atoms with Gasteiger partial charge >= 0.3 is 6.18 Å². The molecule has 0 unspecified atom stereocenters. The number of rotatable bonds is 6. The number of nitrogens with zero attached hydrogens (tertiary/aromatic N) is 2. The van der Waals surface area contributed by atoms with E-state index in [-0.39, 0.29) is 25.5 Å². The van der Waals surface area contributed by atoms with Crippen LogP contribution in [0.4, 0.5) is 13.2 Å². The molecule has 118 valence electrons. The summed E-state index contributed by atoms with van der Waals surface area (Å²) in [5.41, 5.74) is 7.35. The molecule has 8 heteroatoms. The third-order valence-electron chi connectivity index (χ3n) is 2.96. The van der Waals surface area contributed by atoms with Crippen molar-refractivity contribution in [3.05, 3.63) is 34.9 Å². The van der Waals surface area contributed by atoms with Gasteiger partial charge in [-0.15, -0.1) is 0 Å². The second-order valence-corrected chi connectivity index (χ2v) is 4.68. The predicted octanol–water partition coefficient (Wildman–Crippen LogP) is 1.45. The topological polar surface area (TPSA) is 82.1 Å². The summed E-state index contributed by atoms with van der Waals surface area (Å²) < 4.78 is 37.4. The minimum atomic E-state index is -4.32. The third-order valence-corrected chi connectivity index (χ3v) is 2.96. The van der Waals surface area contributed by atoms with Crippen LogP contribution in [0, 0.1) is 6.92 Å². The molecule has 0 spiro atoms. The smallest absolute Gasteiger partial charge is 0.401 e. The van der Waals surface area contributed by atoms with E-state index in [1.165, 1.54) is 0 Å². The molecule has 0 aromatic heterocycles. The van der Waals surface area contributed by atoms with Crippen LogP contribution in [0.3, 0.4) is 0 Å². The van der Waals surface area contributed by atoms with E-state index in [2.05, 4.69) is 5.16 Å². The first-order valence-corrected chi connectivity index (χ1v) is 6.24. The zero-order valence-corrected chi connectivity index (χ0v) is 11.6. The quantitative estimate of drug-likeness (QED) is 0.321. The van der Waals surface area contributed by atoms with Crippen LogP contribution in [-0.4, -0.2) is 46.9 Å². The van der Waals surface area contributed by atoms with Crippen molar-refractivity contribution in [2.45, 2.75) is 19.6 Å². The highest BCUT2D eigenvalue weighted by atomic mass is 19.4. The number of oxime groups is 1. The van der Waals surface area contributed by atoms with E-state index in [1.54, 1.807) is 25.1 Å². The van der Waals surface area contributed by atoms with Crippen molar-refractivity contribution in [1.29, 1.82) is 0 Å². The first-order valence-electron chi connectivity index (χ1n) is 6.24. The number of hydrogen-bond donors (Lipinski definition) is 3. The summed E-state index contributed by atoms with van der Waals surface area (Å²) >= 11 is 0. The molecular weight excluding hydrogens is 287 g/mol. The van der Waals surface area contributed by atoms with Gasteiger partial charge in [-0.25, -0.2) is 0 Å². The summed E-state index contributed by atoms with van der Waals surface area (Å²) in [7, 11) is 0. The highest BCUT2D eigenvalue weighted by molar-refractivity contribution is 5.97. The molecule has 4 N–H and O–H groups in total. The summed E-state index contributed by atoms with van der Waals surface area (Å²) in [5, 5.41) is 20.3. The fourth-order valence-electron chi connectivity index (χ4n) is 1.94. The van der Waals surface area contributed by atoms with Gasteiger partial charge in [0, 0.05) is 18.7 Å². The number of benzene rings is 1. The van der Waals surface area contributed by atoms with Crippen LogP contribution in [0.1, 0.15) is 16.7 Å². The maximum absolute atomic E-state index is 12.5. The van der Waals surface area contributed by atoms with Crippen LogP contribution < -0.4 is 5.73 Å². The molecule has 21 heavy (non-hydrogen) atoms. The van der Waals surface area contributed by atoms with Crippen LogP contribution in [0.5, 0.6) is 0 Å². The maximum Gasteiger partial charge on any atom is 0.401 e. The van der Waals surface area contributed by atoms with Crippen LogP contribution >= 0.6 is 0 Å². The Morgan fingerprint density at radius 3 is 2.52 bits per heavy atom. The van der Waals surface area contributed by atoms with E-state index in [9.17, 15) is 13.2 Å². The van der Waals surface area contributed by atoms with Gasteiger partial charge in [-0.1, -0.05) is 17.3 Å². The molecule has 1 aromatic rings. The standard InChI is InChI=1S/C13H18F3N3O2/c1-9-6-10(12(17)18-21)2-3-11(9)7-19(4-5-20)8-13(14,15)16/h2-3,6,20-21H,4-5,7-8H2,1H3,(H2,17,18). The Bertz CT molecular complexity index is 504. The van der Waals surface area contributed by atoms with Gasteiger partial charge in [-0.05, 0) is 24.1 Å². The number of hydrogen-bond acceptors (Lipinski definition) is 4. The fourth-order valence-corrected chi connectivity index (χ4v) is 1.94. The van der Waals surface area contributed by atoms with Gasteiger partial charge in [0.05, 0.1) is 13.2 Å². The molecule has 0 aliphatic rings. The molecule has 0 saturated heterocycles. The molecule has 0 heterocycles. The van der Waals surface area contributed by atoms with E-state index in [0.29, 0.717) is 11.1 Å². The maximum atomic E-state index is 12.5. The molecular formula is C13H18F3N3O2. The lowest BCUT2D eigenvalue weighted by molar-refractivity contribution is -0.148. The van der Waals surface area contributed by atoms with E-state index >= 15 is 0 Å². The Morgan fingerprint density at radius 2 is 2.05 bits per heavy atom. The summed E-state index contributed by atoms with van der Waals surface area (Å²) in [6.07, 6.45) is -4.32. The number of aliphatic hydroxyl groups is 1. The number of nitrogens with two attached hydrogens (primary N) is 1. The van der Waals surface area contributed by atoms with Crippen molar-refractivity contribution in [2.24, 2.45) is 10.9 Å². The Morgan fingerprint density at radius 1 is 1.38 bits per heavy atom. The molecule has 1 aromatic carbocycles. The van der Waals surface area contributed by atoms with Crippen molar-refractivity contribution in [3.8, 4) is 0 Å².